The van der Waals surface area contributed by atoms with E-state index in [1.165, 1.54) is 0 Å². The molecule has 0 bridgehead atoms. The summed E-state index contributed by atoms with van der Waals surface area (Å²) in [5.74, 6) is 0. The van der Waals surface area contributed by atoms with Gasteiger partial charge in [-0.3, -0.25) is 0 Å². The maximum absolute atomic E-state index is 11.7. The zero-order chi connectivity index (χ0) is 12.7. The average Bonchev–Trinajstić information content (AvgIpc) is 2.29. The summed E-state index contributed by atoms with van der Waals surface area (Å²) >= 11 is 2.19. The predicted molar refractivity (Wildman–Crippen MR) is 77.3 cm³/mol. The summed E-state index contributed by atoms with van der Waals surface area (Å²) in [6, 6.07) is 7.57. The Hall–Kier alpha value is -0.820. The van der Waals surface area contributed by atoms with E-state index in [2.05, 4.69) is 33.2 Å². The van der Waals surface area contributed by atoms with Crippen molar-refractivity contribution in [3.05, 3.63) is 27.8 Å². The van der Waals surface area contributed by atoms with E-state index in [9.17, 15) is 4.79 Å². The monoisotopic (exact) mass is 348 g/mol. The molecule has 0 aliphatic rings. The summed E-state index contributed by atoms with van der Waals surface area (Å²) in [5.41, 5.74) is 0.824. The molecule has 2 N–H and O–H groups in total. The van der Waals surface area contributed by atoms with Crippen LogP contribution in [-0.2, 0) is 4.74 Å². The van der Waals surface area contributed by atoms with Gasteiger partial charge in [0.15, 0.2) is 0 Å². The van der Waals surface area contributed by atoms with Gasteiger partial charge in [0.25, 0.3) is 0 Å². The number of halogens is 1. The molecule has 4 nitrogen and oxygen atoms in total. The van der Waals surface area contributed by atoms with E-state index in [-0.39, 0.29) is 12.1 Å². The molecule has 0 unspecified atom stereocenters. The number of carbonyl (C=O) groups is 1. The SMILES string of the molecule is COCC[C@@H](C)NC(=O)Nc1ccccc1I. The molecule has 0 heterocycles. The lowest BCUT2D eigenvalue weighted by Crippen LogP contribution is -2.36. The Morgan fingerprint density at radius 2 is 2.18 bits per heavy atom. The van der Waals surface area contributed by atoms with Crippen molar-refractivity contribution in [2.75, 3.05) is 19.0 Å². The summed E-state index contributed by atoms with van der Waals surface area (Å²) in [5, 5.41) is 5.68. The second kappa shape index (κ2) is 7.50. The Bertz CT molecular complexity index is 371. The van der Waals surface area contributed by atoms with E-state index < -0.39 is 0 Å². The Labute approximate surface area is 115 Å². The molecule has 1 aromatic rings. The third kappa shape index (κ3) is 5.36. The van der Waals surface area contributed by atoms with Crippen LogP contribution < -0.4 is 10.6 Å². The first-order valence-electron chi connectivity index (χ1n) is 5.44. The van der Waals surface area contributed by atoms with Gasteiger partial charge in [0.05, 0.1) is 5.69 Å². The molecular formula is C12H17IN2O2. The lowest BCUT2D eigenvalue weighted by atomic mass is 10.2. The number of methoxy groups -OCH3 is 1. The third-order valence-electron chi connectivity index (χ3n) is 2.25. The Kier molecular flexibility index (Phi) is 6.28. The average molecular weight is 348 g/mol. The number of urea groups is 1. The van der Waals surface area contributed by atoms with Gasteiger partial charge in [-0.15, -0.1) is 0 Å². The van der Waals surface area contributed by atoms with E-state index in [1.54, 1.807) is 7.11 Å². The van der Waals surface area contributed by atoms with Crippen molar-refractivity contribution in [2.45, 2.75) is 19.4 Å². The zero-order valence-electron chi connectivity index (χ0n) is 10.00. The van der Waals surface area contributed by atoms with Crippen molar-refractivity contribution in [2.24, 2.45) is 0 Å². The number of hydrogen-bond acceptors (Lipinski definition) is 2. The van der Waals surface area contributed by atoms with Gasteiger partial charge in [0.1, 0.15) is 0 Å². The summed E-state index contributed by atoms with van der Waals surface area (Å²) in [6.45, 7) is 2.60. The van der Waals surface area contributed by atoms with Crippen LogP contribution in [0.3, 0.4) is 0 Å². The van der Waals surface area contributed by atoms with Crippen LogP contribution in [0.1, 0.15) is 13.3 Å². The van der Waals surface area contributed by atoms with E-state index in [0.717, 1.165) is 15.7 Å². The highest BCUT2D eigenvalue weighted by Gasteiger charge is 2.08. The van der Waals surface area contributed by atoms with Crippen molar-refractivity contribution in [1.82, 2.24) is 5.32 Å². The minimum Gasteiger partial charge on any atom is -0.385 e. The quantitative estimate of drug-likeness (QED) is 0.804. The molecule has 0 spiro atoms. The van der Waals surface area contributed by atoms with Crippen LogP contribution in [0.25, 0.3) is 0 Å². The second-order valence-corrected chi connectivity index (χ2v) is 4.92. The maximum Gasteiger partial charge on any atom is 0.319 e. The summed E-state index contributed by atoms with van der Waals surface area (Å²) in [6.07, 6.45) is 0.801. The van der Waals surface area contributed by atoms with E-state index in [1.807, 2.05) is 31.2 Å². The minimum atomic E-state index is -0.183. The Morgan fingerprint density at radius 3 is 2.82 bits per heavy atom. The lowest BCUT2D eigenvalue weighted by Gasteiger charge is -2.14. The van der Waals surface area contributed by atoms with E-state index in [4.69, 9.17) is 4.74 Å². The normalized spacial score (nSPS) is 11.9. The van der Waals surface area contributed by atoms with Gasteiger partial charge in [0.2, 0.25) is 0 Å². The molecule has 2 amide bonds. The molecule has 5 heteroatoms. The van der Waals surface area contributed by atoms with Crippen LogP contribution >= 0.6 is 22.6 Å². The van der Waals surface area contributed by atoms with Crippen molar-refractivity contribution in [3.63, 3.8) is 0 Å². The second-order valence-electron chi connectivity index (χ2n) is 3.76. The molecule has 0 saturated carbocycles. The third-order valence-corrected chi connectivity index (χ3v) is 3.20. The highest BCUT2D eigenvalue weighted by molar-refractivity contribution is 14.1. The zero-order valence-corrected chi connectivity index (χ0v) is 12.2. The summed E-state index contributed by atoms with van der Waals surface area (Å²) < 4.78 is 5.98. The fraction of sp³-hybridized carbons (Fsp3) is 0.417. The van der Waals surface area contributed by atoms with Gasteiger partial charge >= 0.3 is 6.03 Å². The first-order chi connectivity index (χ1) is 8.13. The Balaban J connectivity index is 2.42. The molecular weight excluding hydrogens is 331 g/mol. The standard InChI is InChI=1S/C12H17IN2O2/c1-9(7-8-17-2)14-12(16)15-11-6-4-3-5-10(11)13/h3-6,9H,7-8H2,1-2H3,(H2,14,15,16)/t9-/m1/s1. The van der Waals surface area contributed by atoms with E-state index in [0.29, 0.717) is 6.61 Å². The van der Waals surface area contributed by atoms with Crippen molar-refractivity contribution in [3.8, 4) is 0 Å². The van der Waals surface area contributed by atoms with Gasteiger partial charge in [-0.1, -0.05) is 12.1 Å². The number of benzene rings is 1. The van der Waals surface area contributed by atoms with Gasteiger partial charge in [-0.25, -0.2) is 4.79 Å². The number of hydrogen-bond donors (Lipinski definition) is 2. The highest BCUT2D eigenvalue weighted by Crippen LogP contribution is 2.16. The molecule has 0 radical (unpaired) electrons. The topological polar surface area (TPSA) is 50.4 Å². The predicted octanol–water partition coefficient (Wildman–Crippen LogP) is 2.84. The number of nitrogens with one attached hydrogen (secondary N) is 2. The van der Waals surface area contributed by atoms with Crippen LogP contribution in [-0.4, -0.2) is 25.8 Å². The first kappa shape index (κ1) is 14.2. The van der Waals surface area contributed by atoms with Crippen LogP contribution in [0.15, 0.2) is 24.3 Å². The molecule has 0 saturated heterocycles. The summed E-state index contributed by atoms with van der Waals surface area (Å²) in [4.78, 5) is 11.7. The smallest absolute Gasteiger partial charge is 0.319 e. The fourth-order valence-corrected chi connectivity index (χ4v) is 1.83. The number of amides is 2. The number of ether oxygens (including phenoxy) is 1. The largest absolute Gasteiger partial charge is 0.385 e. The molecule has 94 valence electrons. The fourth-order valence-electron chi connectivity index (χ4n) is 1.31. The van der Waals surface area contributed by atoms with Crippen molar-refractivity contribution < 1.29 is 9.53 Å². The van der Waals surface area contributed by atoms with Crippen molar-refractivity contribution >= 4 is 34.3 Å². The maximum atomic E-state index is 11.7. The van der Waals surface area contributed by atoms with Gasteiger partial charge in [-0.2, -0.15) is 0 Å². The molecule has 17 heavy (non-hydrogen) atoms. The molecule has 1 atom stereocenters. The van der Waals surface area contributed by atoms with Crippen molar-refractivity contribution in [1.29, 1.82) is 0 Å². The molecule has 1 rings (SSSR count). The minimum absolute atomic E-state index is 0.0938. The van der Waals surface area contributed by atoms with Crippen LogP contribution in [0.4, 0.5) is 10.5 Å². The van der Waals surface area contributed by atoms with Crippen LogP contribution in [0, 0.1) is 3.57 Å². The number of carbonyl (C=O) groups excluding carboxylic acids is 1. The molecule has 1 aromatic carbocycles. The number of anilines is 1. The number of rotatable bonds is 5. The molecule has 0 fully saturated rings. The Morgan fingerprint density at radius 1 is 1.47 bits per heavy atom. The number of para-hydroxylation sites is 1. The van der Waals surface area contributed by atoms with Gasteiger partial charge in [0, 0.05) is 23.3 Å². The lowest BCUT2D eigenvalue weighted by molar-refractivity contribution is 0.185. The van der Waals surface area contributed by atoms with Gasteiger partial charge in [-0.05, 0) is 48.1 Å². The van der Waals surface area contributed by atoms with Gasteiger partial charge < -0.3 is 15.4 Å². The molecule has 0 aliphatic carbocycles. The molecule has 0 aliphatic heterocycles. The highest BCUT2D eigenvalue weighted by atomic mass is 127. The summed E-state index contributed by atoms with van der Waals surface area (Å²) in [7, 11) is 1.65. The van der Waals surface area contributed by atoms with Crippen LogP contribution in [0.5, 0.6) is 0 Å². The molecule has 0 aromatic heterocycles. The van der Waals surface area contributed by atoms with E-state index >= 15 is 0 Å². The first-order valence-corrected chi connectivity index (χ1v) is 6.52. The van der Waals surface area contributed by atoms with Crippen LogP contribution in [0.2, 0.25) is 0 Å².